The number of rotatable bonds is 4. The van der Waals surface area contributed by atoms with Crippen LogP contribution < -0.4 is 5.73 Å². The zero-order valence-electron chi connectivity index (χ0n) is 8.13. The third-order valence-corrected chi connectivity index (χ3v) is 0.839. The molecule has 0 aromatic rings. The number of ether oxygens (including phenoxy) is 2. The van der Waals surface area contributed by atoms with Gasteiger partial charge in [-0.1, -0.05) is 6.92 Å². The first-order chi connectivity index (χ1) is 5.68. The van der Waals surface area contributed by atoms with Gasteiger partial charge in [0.15, 0.2) is 0 Å². The summed E-state index contributed by atoms with van der Waals surface area (Å²) in [5.41, 5.74) is 4.54. The molecule has 0 aromatic heterocycles. The van der Waals surface area contributed by atoms with Crippen LogP contribution in [-0.2, 0) is 9.47 Å². The standard InChI is InChI=1S/C5H12O.C3H7NO2/c1-3-5-6-4-2;1-2-6-3(4)5/h3-5H2,1-2H3;2H2,1H3,(H2,4,5). The van der Waals surface area contributed by atoms with Crippen molar-refractivity contribution in [3.05, 3.63) is 0 Å². The fourth-order valence-corrected chi connectivity index (χ4v) is 0.431. The molecule has 0 aromatic carbocycles. The predicted octanol–water partition coefficient (Wildman–Crippen LogP) is 1.53. The Morgan fingerprint density at radius 2 is 1.83 bits per heavy atom. The molecule has 0 bridgehead atoms. The minimum Gasteiger partial charge on any atom is -0.450 e. The maximum Gasteiger partial charge on any atom is 0.404 e. The van der Waals surface area contributed by atoms with E-state index in [-0.39, 0.29) is 0 Å². The molecule has 1 amide bonds. The van der Waals surface area contributed by atoms with Crippen molar-refractivity contribution in [1.29, 1.82) is 0 Å². The van der Waals surface area contributed by atoms with Crippen molar-refractivity contribution >= 4 is 6.09 Å². The zero-order chi connectivity index (χ0) is 9.82. The molecule has 0 aliphatic carbocycles. The molecule has 4 heteroatoms. The van der Waals surface area contributed by atoms with E-state index in [4.69, 9.17) is 4.74 Å². The second-order valence-corrected chi connectivity index (χ2v) is 1.95. The summed E-state index contributed by atoms with van der Waals surface area (Å²) in [5, 5.41) is 0. The maximum absolute atomic E-state index is 9.60. The fourth-order valence-electron chi connectivity index (χ4n) is 0.431. The molecule has 0 spiro atoms. The first kappa shape index (κ1) is 13.8. The van der Waals surface area contributed by atoms with E-state index in [0.29, 0.717) is 6.61 Å². The zero-order valence-corrected chi connectivity index (χ0v) is 8.13. The third kappa shape index (κ3) is 22.9. The summed E-state index contributed by atoms with van der Waals surface area (Å²) in [7, 11) is 0. The van der Waals surface area contributed by atoms with Crippen molar-refractivity contribution in [3.63, 3.8) is 0 Å². The van der Waals surface area contributed by atoms with E-state index in [1.54, 1.807) is 6.92 Å². The van der Waals surface area contributed by atoms with Gasteiger partial charge < -0.3 is 15.2 Å². The lowest BCUT2D eigenvalue weighted by atomic mass is 10.5. The summed E-state index contributed by atoms with van der Waals surface area (Å²) in [6.45, 7) is 7.94. The van der Waals surface area contributed by atoms with Gasteiger partial charge in [-0.15, -0.1) is 0 Å². The number of hydrogen-bond acceptors (Lipinski definition) is 3. The van der Waals surface area contributed by atoms with Crippen LogP contribution in [0.15, 0.2) is 0 Å². The average Bonchev–Trinajstić information content (AvgIpc) is 2.02. The van der Waals surface area contributed by atoms with Crippen LogP contribution in [0.1, 0.15) is 27.2 Å². The Balaban J connectivity index is 0. The first-order valence-corrected chi connectivity index (χ1v) is 4.18. The smallest absolute Gasteiger partial charge is 0.404 e. The Kier molecular flexibility index (Phi) is 14.8. The van der Waals surface area contributed by atoms with Gasteiger partial charge in [0.2, 0.25) is 0 Å². The Morgan fingerprint density at radius 3 is 1.92 bits per heavy atom. The van der Waals surface area contributed by atoms with E-state index in [2.05, 4.69) is 17.4 Å². The number of primary amides is 1. The summed E-state index contributed by atoms with van der Waals surface area (Å²) in [6.07, 6.45) is 0.422. The third-order valence-electron chi connectivity index (χ3n) is 0.839. The minimum absolute atomic E-state index is 0.356. The van der Waals surface area contributed by atoms with Gasteiger partial charge in [0.1, 0.15) is 0 Å². The molecule has 0 radical (unpaired) electrons. The van der Waals surface area contributed by atoms with Crippen molar-refractivity contribution in [2.75, 3.05) is 19.8 Å². The fraction of sp³-hybridized carbons (Fsp3) is 0.875. The Labute approximate surface area is 74.0 Å². The van der Waals surface area contributed by atoms with Crippen molar-refractivity contribution in [1.82, 2.24) is 0 Å². The van der Waals surface area contributed by atoms with E-state index in [1.807, 2.05) is 6.92 Å². The molecule has 0 saturated carbocycles. The lowest BCUT2D eigenvalue weighted by Crippen LogP contribution is -2.11. The van der Waals surface area contributed by atoms with Crippen LogP contribution in [0.25, 0.3) is 0 Å². The largest absolute Gasteiger partial charge is 0.450 e. The molecule has 74 valence electrons. The first-order valence-electron chi connectivity index (χ1n) is 4.18. The van der Waals surface area contributed by atoms with Crippen LogP contribution >= 0.6 is 0 Å². The van der Waals surface area contributed by atoms with Crippen molar-refractivity contribution < 1.29 is 14.3 Å². The highest BCUT2D eigenvalue weighted by molar-refractivity contribution is 5.64. The van der Waals surface area contributed by atoms with Crippen LogP contribution in [0.3, 0.4) is 0 Å². The van der Waals surface area contributed by atoms with Crippen LogP contribution in [0.5, 0.6) is 0 Å². The van der Waals surface area contributed by atoms with Gasteiger partial charge in [0, 0.05) is 13.2 Å². The van der Waals surface area contributed by atoms with Gasteiger partial charge in [-0.05, 0) is 20.3 Å². The molecule has 0 saturated heterocycles. The van der Waals surface area contributed by atoms with E-state index < -0.39 is 6.09 Å². The lowest BCUT2D eigenvalue weighted by molar-refractivity contribution is 0.148. The molecule has 0 unspecified atom stereocenters. The Morgan fingerprint density at radius 1 is 1.25 bits per heavy atom. The van der Waals surface area contributed by atoms with E-state index >= 15 is 0 Å². The van der Waals surface area contributed by atoms with Crippen LogP contribution in [-0.4, -0.2) is 25.9 Å². The molecule has 0 aliphatic rings. The topological polar surface area (TPSA) is 61.6 Å². The molecular weight excluding hydrogens is 158 g/mol. The number of carbonyl (C=O) groups is 1. The van der Waals surface area contributed by atoms with Crippen molar-refractivity contribution in [3.8, 4) is 0 Å². The second-order valence-electron chi connectivity index (χ2n) is 1.95. The molecule has 0 rings (SSSR count). The normalized spacial score (nSPS) is 8.25. The molecule has 4 nitrogen and oxygen atoms in total. The summed E-state index contributed by atoms with van der Waals surface area (Å²) < 4.78 is 9.16. The summed E-state index contributed by atoms with van der Waals surface area (Å²) in [6, 6.07) is 0. The Bertz CT molecular complexity index is 92.3. The SMILES string of the molecule is CCCOCC.CCOC(N)=O. The van der Waals surface area contributed by atoms with Crippen molar-refractivity contribution in [2.24, 2.45) is 5.73 Å². The van der Waals surface area contributed by atoms with Gasteiger partial charge >= 0.3 is 6.09 Å². The lowest BCUT2D eigenvalue weighted by Gasteiger charge is -1.91. The minimum atomic E-state index is -0.711. The van der Waals surface area contributed by atoms with E-state index in [1.165, 1.54) is 0 Å². The van der Waals surface area contributed by atoms with Crippen LogP contribution in [0.4, 0.5) is 4.79 Å². The Hall–Kier alpha value is -0.770. The number of carbonyl (C=O) groups excluding carboxylic acids is 1. The van der Waals surface area contributed by atoms with E-state index in [9.17, 15) is 4.79 Å². The summed E-state index contributed by atoms with van der Waals surface area (Å²) in [4.78, 5) is 9.60. The quantitative estimate of drug-likeness (QED) is 0.662. The molecule has 0 aliphatic heterocycles. The van der Waals surface area contributed by atoms with Gasteiger partial charge in [-0.3, -0.25) is 0 Å². The molecule has 0 fully saturated rings. The van der Waals surface area contributed by atoms with E-state index in [0.717, 1.165) is 19.6 Å². The summed E-state index contributed by atoms with van der Waals surface area (Å²) in [5.74, 6) is 0. The number of amides is 1. The van der Waals surface area contributed by atoms with Crippen LogP contribution in [0, 0.1) is 0 Å². The van der Waals surface area contributed by atoms with Gasteiger partial charge in [0.05, 0.1) is 6.61 Å². The number of hydrogen-bond donors (Lipinski definition) is 1. The average molecular weight is 177 g/mol. The molecule has 2 N–H and O–H groups in total. The van der Waals surface area contributed by atoms with Crippen LogP contribution in [0.2, 0.25) is 0 Å². The highest BCUT2D eigenvalue weighted by Gasteiger charge is 1.82. The highest BCUT2D eigenvalue weighted by Crippen LogP contribution is 1.75. The van der Waals surface area contributed by atoms with Gasteiger partial charge in [0.25, 0.3) is 0 Å². The highest BCUT2D eigenvalue weighted by atomic mass is 16.5. The molecule has 0 heterocycles. The predicted molar refractivity (Wildman–Crippen MR) is 48.0 cm³/mol. The van der Waals surface area contributed by atoms with Crippen molar-refractivity contribution in [2.45, 2.75) is 27.2 Å². The maximum atomic E-state index is 9.60. The monoisotopic (exact) mass is 177 g/mol. The van der Waals surface area contributed by atoms with Gasteiger partial charge in [-0.25, -0.2) is 4.79 Å². The number of nitrogens with two attached hydrogens (primary N) is 1. The van der Waals surface area contributed by atoms with Gasteiger partial charge in [-0.2, -0.15) is 0 Å². The second kappa shape index (κ2) is 12.9. The molecular formula is C8H19NO3. The summed E-state index contributed by atoms with van der Waals surface area (Å²) >= 11 is 0. The molecule has 12 heavy (non-hydrogen) atoms. The molecule has 0 atom stereocenters.